The van der Waals surface area contributed by atoms with E-state index in [2.05, 4.69) is 0 Å². The molecule has 0 saturated heterocycles. The minimum atomic E-state index is -0.824. The Labute approximate surface area is 69.2 Å². The molecule has 0 fully saturated rings. The molecule has 0 radical (unpaired) electrons. The van der Waals surface area contributed by atoms with E-state index in [9.17, 15) is 4.79 Å². The van der Waals surface area contributed by atoms with Crippen LogP contribution in [0, 0.1) is 0 Å². The van der Waals surface area contributed by atoms with Crippen molar-refractivity contribution in [2.75, 3.05) is 0 Å². The lowest BCUT2D eigenvalue weighted by atomic mass is 10.0. The van der Waals surface area contributed by atoms with Gasteiger partial charge < -0.3 is 5.11 Å². The molecule has 58 valence electrons. The van der Waals surface area contributed by atoms with Gasteiger partial charge in [-0.15, -0.1) is 0 Å². The van der Waals surface area contributed by atoms with Crippen LogP contribution in [0.2, 0.25) is 0 Å². The van der Waals surface area contributed by atoms with Gasteiger partial charge in [0.25, 0.3) is 0 Å². The summed E-state index contributed by atoms with van der Waals surface area (Å²) in [4.78, 5) is 10.7. The molecule has 0 heterocycles. The van der Waals surface area contributed by atoms with Gasteiger partial charge in [0.05, 0.1) is 5.57 Å². The second-order valence-electron chi connectivity index (χ2n) is 3.20. The Hall–Kier alpha value is -1.57. The van der Waals surface area contributed by atoms with E-state index in [4.69, 9.17) is 5.11 Å². The van der Waals surface area contributed by atoms with Gasteiger partial charge in [0, 0.05) is 0 Å². The quantitative estimate of drug-likeness (QED) is 0.629. The van der Waals surface area contributed by atoms with E-state index in [0.29, 0.717) is 5.57 Å². The minimum Gasteiger partial charge on any atom is -0.478 e. The van der Waals surface area contributed by atoms with Crippen molar-refractivity contribution >= 4 is 5.97 Å². The van der Waals surface area contributed by atoms with E-state index in [1.54, 1.807) is 6.08 Å². The van der Waals surface area contributed by atoms with Gasteiger partial charge in [-0.05, 0) is 40.9 Å². The molecule has 3 aliphatic rings. The van der Waals surface area contributed by atoms with Crippen LogP contribution in [0.15, 0.2) is 46.1 Å². The van der Waals surface area contributed by atoms with Crippen molar-refractivity contribution in [1.82, 2.24) is 0 Å². The van der Waals surface area contributed by atoms with Crippen LogP contribution in [0.4, 0.5) is 0 Å². The zero-order valence-corrected chi connectivity index (χ0v) is 6.29. The van der Waals surface area contributed by atoms with Crippen molar-refractivity contribution in [1.29, 1.82) is 0 Å². The van der Waals surface area contributed by atoms with Crippen LogP contribution in [-0.2, 0) is 4.79 Å². The highest BCUT2D eigenvalue weighted by Gasteiger charge is 2.36. The highest BCUT2D eigenvalue weighted by atomic mass is 16.4. The fourth-order valence-corrected chi connectivity index (χ4v) is 1.82. The third kappa shape index (κ3) is 0.537. The molecule has 0 spiro atoms. The standard InChI is InChI=1S/C10H6O2/c11-10(12)7-2-1-6-8-3-5(8)4-9(6)7/h1-2,4H,3H2,(H,11,12). The van der Waals surface area contributed by atoms with Crippen LogP contribution in [0.3, 0.4) is 0 Å². The van der Waals surface area contributed by atoms with Crippen molar-refractivity contribution in [2.45, 2.75) is 6.42 Å². The molecule has 3 rings (SSSR count). The van der Waals surface area contributed by atoms with Gasteiger partial charge in [-0.2, -0.15) is 0 Å². The van der Waals surface area contributed by atoms with Gasteiger partial charge in [0.15, 0.2) is 0 Å². The van der Waals surface area contributed by atoms with Crippen LogP contribution in [0.25, 0.3) is 0 Å². The smallest absolute Gasteiger partial charge is 0.336 e. The summed E-state index contributed by atoms with van der Waals surface area (Å²) in [5.41, 5.74) is 5.17. The predicted octanol–water partition coefficient (Wildman–Crippen LogP) is 1.58. The van der Waals surface area contributed by atoms with Crippen LogP contribution in [0.5, 0.6) is 0 Å². The average molecular weight is 158 g/mol. The van der Waals surface area contributed by atoms with E-state index in [0.717, 1.165) is 17.6 Å². The maximum atomic E-state index is 10.7. The number of rotatable bonds is 1. The van der Waals surface area contributed by atoms with Gasteiger partial charge in [-0.25, -0.2) is 4.79 Å². The Morgan fingerprint density at radius 3 is 2.92 bits per heavy atom. The van der Waals surface area contributed by atoms with E-state index in [-0.39, 0.29) is 0 Å². The van der Waals surface area contributed by atoms with Crippen molar-refractivity contribution in [3.8, 4) is 0 Å². The molecule has 0 aromatic rings. The maximum absolute atomic E-state index is 10.7. The number of carboxylic acids is 1. The summed E-state index contributed by atoms with van der Waals surface area (Å²) in [7, 11) is 0. The van der Waals surface area contributed by atoms with Crippen LogP contribution >= 0.6 is 0 Å². The molecule has 0 bridgehead atoms. The largest absolute Gasteiger partial charge is 0.478 e. The number of allylic oxidation sites excluding steroid dienone is 6. The summed E-state index contributed by atoms with van der Waals surface area (Å²) in [5.74, 6) is -0.824. The first kappa shape index (κ1) is 6.00. The monoisotopic (exact) mass is 158 g/mol. The highest BCUT2D eigenvalue weighted by Crippen LogP contribution is 2.51. The first-order valence-electron chi connectivity index (χ1n) is 3.87. The lowest BCUT2D eigenvalue weighted by molar-refractivity contribution is -0.132. The van der Waals surface area contributed by atoms with Gasteiger partial charge in [0.1, 0.15) is 0 Å². The first-order valence-corrected chi connectivity index (χ1v) is 3.87. The second-order valence-corrected chi connectivity index (χ2v) is 3.20. The molecular weight excluding hydrogens is 152 g/mol. The fraction of sp³-hybridized carbons (Fsp3) is 0.100. The predicted molar refractivity (Wildman–Crippen MR) is 43.5 cm³/mol. The molecule has 0 atom stereocenters. The normalized spacial score (nSPS) is 22.8. The summed E-state index contributed by atoms with van der Waals surface area (Å²) in [6.45, 7) is 0. The molecule has 0 unspecified atom stereocenters. The van der Waals surface area contributed by atoms with Crippen molar-refractivity contribution in [3.05, 3.63) is 46.1 Å². The van der Waals surface area contributed by atoms with E-state index < -0.39 is 5.97 Å². The number of hydrogen-bond donors (Lipinski definition) is 1. The molecule has 12 heavy (non-hydrogen) atoms. The third-order valence-electron chi connectivity index (χ3n) is 2.50. The fourth-order valence-electron chi connectivity index (χ4n) is 1.82. The number of aliphatic carboxylic acids is 1. The topological polar surface area (TPSA) is 37.3 Å². The molecule has 3 aliphatic carbocycles. The SMILES string of the molecule is O=C(O)C1=CC=C2C1=CC1=C2C1. The van der Waals surface area contributed by atoms with E-state index in [1.165, 1.54) is 11.1 Å². The maximum Gasteiger partial charge on any atom is 0.336 e. The zero-order valence-electron chi connectivity index (χ0n) is 6.29. The molecule has 0 amide bonds. The Kier molecular flexibility index (Phi) is 0.803. The molecule has 0 aromatic carbocycles. The molecule has 0 aromatic heterocycles. The second kappa shape index (κ2) is 1.61. The Morgan fingerprint density at radius 1 is 1.33 bits per heavy atom. The molecule has 0 saturated carbocycles. The summed E-state index contributed by atoms with van der Waals surface area (Å²) in [6, 6.07) is 0. The van der Waals surface area contributed by atoms with E-state index >= 15 is 0 Å². The number of carboxylic acid groups (broad SMARTS) is 1. The number of fused-ring (bicyclic) bond motifs is 2. The van der Waals surface area contributed by atoms with Gasteiger partial charge in [-0.3, -0.25) is 0 Å². The summed E-state index contributed by atoms with van der Waals surface area (Å²) in [6.07, 6.45) is 6.65. The first-order chi connectivity index (χ1) is 5.77. The zero-order chi connectivity index (χ0) is 8.29. The van der Waals surface area contributed by atoms with Crippen LogP contribution in [0.1, 0.15) is 6.42 Å². The van der Waals surface area contributed by atoms with Gasteiger partial charge >= 0.3 is 5.97 Å². The van der Waals surface area contributed by atoms with Crippen molar-refractivity contribution in [3.63, 3.8) is 0 Å². The van der Waals surface area contributed by atoms with Crippen molar-refractivity contribution in [2.24, 2.45) is 0 Å². The molecule has 0 aliphatic heterocycles. The summed E-state index contributed by atoms with van der Waals surface area (Å²) in [5, 5.41) is 8.80. The van der Waals surface area contributed by atoms with Crippen molar-refractivity contribution < 1.29 is 9.90 Å². The lowest BCUT2D eigenvalue weighted by Crippen LogP contribution is -2.01. The third-order valence-corrected chi connectivity index (χ3v) is 2.50. The highest BCUT2D eigenvalue weighted by molar-refractivity contribution is 5.99. The summed E-state index contributed by atoms with van der Waals surface area (Å²) < 4.78 is 0. The Morgan fingerprint density at radius 2 is 2.17 bits per heavy atom. The molecular formula is C10H6O2. The Bertz CT molecular complexity index is 431. The molecule has 1 N–H and O–H groups in total. The number of hydrogen-bond acceptors (Lipinski definition) is 1. The molecule has 2 nitrogen and oxygen atoms in total. The van der Waals surface area contributed by atoms with Gasteiger partial charge in [-0.1, -0.05) is 6.08 Å². The molecule has 2 heteroatoms. The van der Waals surface area contributed by atoms with Gasteiger partial charge in [0.2, 0.25) is 0 Å². The van der Waals surface area contributed by atoms with E-state index in [1.807, 2.05) is 12.2 Å². The minimum absolute atomic E-state index is 0.442. The Balaban J connectivity index is 2.09. The summed E-state index contributed by atoms with van der Waals surface area (Å²) >= 11 is 0. The van der Waals surface area contributed by atoms with Crippen LogP contribution < -0.4 is 0 Å². The average Bonchev–Trinajstić information content (AvgIpc) is 2.54. The number of carbonyl (C=O) groups is 1. The van der Waals surface area contributed by atoms with Crippen LogP contribution in [-0.4, -0.2) is 11.1 Å². The lowest BCUT2D eigenvalue weighted by Gasteiger charge is -2.01.